The molecule has 1 aromatic rings. The van der Waals surface area contributed by atoms with E-state index >= 15 is 0 Å². The Kier molecular flexibility index (Phi) is 3.87. The third-order valence-corrected chi connectivity index (χ3v) is 2.99. The third-order valence-electron chi connectivity index (χ3n) is 2.99. The third kappa shape index (κ3) is 2.83. The van der Waals surface area contributed by atoms with Gasteiger partial charge in [0.2, 0.25) is 0 Å². The molecule has 2 rings (SSSR count). The summed E-state index contributed by atoms with van der Waals surface area (Å²) in [4.78, 5) is 11.9. The SMILES string of the molecule is C#CCN1CC(C(F)(F)F)C(=O)N1c1cc(F)ccc1F. The van der Waals surface area contributed by atoms with Crippen molar-refractivity contribution in [2.24, 2.45) is 5.92 Å². The van der Waals surface area contributed by atoms with Crippen LogP contribution < -0.4 is 5.01 Å². The Morgan fingerprint density at radius 1 is 1.33 bits per heavy atom. The highest BCUT2D eigenvalue weighted by molar-refractivity contribution is 5.97. The predicted molar refractivity (Wildman–Crippen MR) is 63.8 cm³/mol. The Bertz CT molecular complexity index is 608. The van der Waals surface area contributed by atoms with Gasteiger partial charge in [-0.1, -0.05) is 5.92 Å². The van der Waals surface area contributed by atoms with Crippen molar-refractivity contribution < 1.29 is 26.7 Å². The van der Waals surface area contributed by atoms with Gasteiger partial charge in [0.05, 0.1) is 12.2 Å². The zero-order valence-corrected chi connectivity index (χ0v) is 10.5. The number of hydrogen-bond acceptors (Lipinski definition) is 2. The minimum Gasteiger partial charge on any atom is -0.272 e. The van der Waals surface area contributed by atoms with E-state index in [0.717, 1.165) is 17.1 Å². The number of hydrazine groups is 1. The number of hydrogen-bond donors (Lipinski definition) is 0. The summed E-state index contributed by atoms with van der Waals surface area (Å²) < 4.78 is 65.3. The summed E-state index contributed by atoms with van der Waals surface area (Å²) in [7, 11) is 0. The Balaban J connectivity index is 2.46. The van der Waals surface area contributed by atoms with Gasteiger partial charge in [-0.25, -0.2) is 18.8 Å². The Morgan fingerprint density at radius 3 is 2.57 bits per heavy atom. The molecule has 1 atom stereocenters. The van der Waals surface area contributed by atoms with Gasteiger partial charge in [-0.3, -0.25) is 4.79 Å². The van der Waals surface area contributed by atoms with Crippen LogP contribution in [0.4, 0.5) is 27.6 Å². The van der Waals surface area contributed by atoms with Crippen molar-refractivity contribution in [3.05, 3.63) is 29.8 Å². The van der Waals surface area contributed by atoms with Crippen LogP contribution in [-0.2, 0) is 4.79 Å². The van der Waals surface area contributed by atoms with E-state index in [2.05, 4.69) is 5.92 Å². The molecule has 0 bridgehead atoms. The number of carbonyl (C=O) groups is 1. The van der Waals surface area contributed by atoms with Crippen LogP contribution in [0.15, 0.2) is 18.2 Å². The molecule has 0 saturated carbocycles. The number of terminal acetylenes is 1. The highest BCUT2D eigenvalue weighted by atomic mass is 19.4. The lowest BCUT2D eigenvalue weighted by Gasteiger charge is -2.26. The number of nitrogens with zero attached hydrogens (tertiary/aromatic N) is 2. The first-order valence-electron chi connectivity index (χ1n) is 5.79. The second-order valence-electron chi connectivity index (χ2n) is 4.39. The standard InChI is InChI=1S/C13H9F5N2O/c1-2-5-19-7-9(13(16,17)18)12(21)20(19)11-6-8(14)3-4-10(11)15/h1,3-4,6,9H,5,7H2. The monoisotopic (exact) mass is 304 g/mol. The average molecular weight is 304 g/mol. The number of halogens is 5. The molecule has 8 heteroatoms. The molecule has 1 heterocycles. The van der Waals surface area contributed by atoms with Gasteiger partial charge in [-0.2, -0.15) is 13.2 Å². The van der Waals surface area contributed by atoms with Crippen molar-refractivity contribution in [2.45, 2.75) is 6.18 Å². The summed E-state index contributed by atoms with van der Waals surface area (Å²) in [5.41, 5.74) is -0.595. The fourth-order valence-electron chi connectivity index (χ4n) is 2.06. The number of alkyl halides is 3. The first-order chi connectivity index (χ1) is 9.75. The molecule has 1 amide bonds. The molecule has 1 fully saturated rings. The maximum atomic E-state index is 13.7. The summed E-state index contributed by atoms with van der Waals surface area (Å²) in [5.74, 6) is -3.53. The molecule has 1 aliphatic heterocycles. The molecule has 3 nitrogen and oxygen atoms in total. The normalized spacial score (nSPS) is 19.9. The fourth-order valence-corrected chi connectivity index (χ4v) is 2.06. The summed E-state index contributed by atoms with van der Waals surface area (Å²) in [6, 6.07) is 2.18. The van der Waals surface area contributed by atoms with Crippen molar-refractivity contribution in [3.63, 3.8) is 0 Å². The van der Waals surface area contributed by atoms with Crippen LogP contribution in [0.2, 0.25) is 0 Å². The van der Waals surface area contributed by atoms with Crippen molar-refractivity contribution in [2.75, 3.05) is 18.1 Å². The quantitative estimate of drug-likeness (QED) is 0.618. The van der Waals surface area contributed by atoms with E-state index in [9.17, 15) is 26.7 Å². The Labute approximate surface area is 116 Å². The topological polar surface area (TPSA) is 23.6 Å². The van der Waals surface area contributed by atoms with E-state index in [1.165, 1.54) is 0 Å². The average Bonchev–Trinajstić information content (AvgIpc) is 2.70. The second-order valence-corrected chi connectivity index (χ2v) is 4.39. The zero-order chi connectivity index (χ0) is 15.8. The zero-order valence-electron chi connectivity index (χ0n) is 10.5. The maximum Gasteiger partial charge on any atom is 0.401 e. The summed E-state index contributed by atoms with van der Waals surface area (Å²) in [6.07, 6.45) is 0.249. The molecule has 1 aromatic carbocycles. The van der Waals surface area contributed by atoms with Gasteiger partial charge < -0.3 is 0 Å². The predicted octanol–water partition coefficient (Wildman–Crippen LogP) is 2.34. The summed E-state index contributed by atoms with van der Waals surface area (Å²) >= 11 is 0. The lowest BCUT2D eigenvalue weighted by molar-refractivity contribution is -0.175. The van der Waals surface area contributed by atoms with Crippen LogP contribution in [0.1, 0.15) is 0 Å². The lowest BCUT2D eigenvalue weighted by atomic mass is 10.1. The van der Waals surface area contributed by atoms with Crippen LogP contribution in [0.5, 0.6) is 0 Å². The summed E-state index contributed by atoms with van der Waals surface area (Å²) in [6.45, 7) is -1.07. The van der Waals surface area contributed by atoms with Crippen molar-refractivity contribution in [1.82, 2.24) is 5.01 Å². The highest BCUT2D eigenvalue weighted by Crippen LogP contribution is 2.36. The molecule has 112 valence electrons. The lowest BCUT2D eigenvalue weighted by Crippen LogP contribution is -2.40. The van der Waals surface area contributed by atoms with E-state index in [0.29, 0.717) is 11.1 Å². The smallest absolute Gasteiger partial charge is 0.272 e. The second kappa shape index (κ2) is 5.33. The number of anilines is 1. The molecule has 21 heavy (non-hydrogen) atoms. The molecule has 1 unspecified atom stereocenters. The molecular weight excluding hydrogens is 295 g/mol. The molecule has 0 spiro atoms. The van der Waals surface area contributed by atoms with E-state index < -0.39 is 41.9 Å². The van der Waals surface area contributed by atoms with Crippen LogP contribution in [-0.4, -0.2) is 30.2 Å². The number of amides is 1. The number of benzene rings is 1. The molecule has 0 aromatic heterocycles. The molecule has 1 saturated heterocycles. The van der Waals surface area contributed by atoms with Gasteiger partial charge in [0.15, 0.2) is 0 Å². The summed E-state index contributed by atoms with van der Waals surface area (Å²) in [5, 5.41) is 1.31. The fraction of sp³-hybridized carbons (Fsp3) is 0.308. The van der Waals surface area contributed by atoms with Gasteiger partial charge in [-0.15, -0.1) is 6.42 Å². The first-order valence-corrected chi connectivity index (χ1v) is 5.79. The molecule has 0 aliphatic carbocycles. The number of carbonyl (C=O) groups excluding carboxylic acids is 1. The minimum absolute atomic E-state index is 0.339. The largest absolute Gasteiger partial charge is 0.401 e. The highest BCUT2D eigenvalue weighted by Gasteiger charge is 2.53. The molecule has 0 radical (unpaired) electrons. The molecule has 0 N–H and O–H groups in total. The van der Waals surface area contributed by atoms with Crippen LogP contribution in [0, 0.1) is 29.9 Å². The number of rotatable bonds is 2. The van der Waals surface area contributed by atoms with E-state index in [-0.39, 0.29) is 6.54 Å². The minimum atomic E-state index is -4.79. The van der Waals surface area contributed by atoms with E-state index in [4.69, 9.17) is 6.42 Å². The van der Waals surface area contributed by atoms with Gasteiger partial charge in [0.25, 0.3) is 5.91 Å². The molecular formula is C13H9F5N2O. The van der Waals surface area contributed by atoms with Crippen LogP contribution >= 0.6 is 0 Å². The van der Waals surface area contributed by atoms with Crippen molar-refractivity contribution >= 4 is 11.6 Å². The van der Waals surface area contributed by atoms with Crippen LogP contribution in [0.3, 0.4) is 0 Å². The van der Waals surface area contributed by atoms with Gasteiger partial charge in [0.1, 0.15) is 17.6 Å². The first kappa shape index (κ1) is 15.3. The van der Waals surface area contributed by atoms with E-state index in [1.807, 2.05) is 0 Å². The Hall–Kier alpha value is -2.14. The van der Waals surface area contributed by atoms with E-state index in [1.54, 1.807) is 0 Å². The van der Waals surface area contributed by atoms with Crippen LogP contribution in [0.25, 0.3) is 0 Å². The molecule has 1 aliphatic rings. The Morgan fingerprint density at radius 2 is 2.00 bits per heavy atom. The van der Waals surface area contributed by atoms with Gasteiger partial charge in [-0.05, 0) is 12.1 Å². The van der Waals surface area contributed by atoms with Crippen molar-refractivity contribution in [3.8, 4) is 12.3 Å². The van der Waals surface area contributed by atoms with Gasteiger partial charge >= 0.3 is 6.18 Å². The maximum absolute atomic E-state index is 13.7. The van der Waals surface area contributed by atoms with Crippen molar-refractivity contribution in [1.29, 1.82) is 0 Å². The van der Waals surface area contributed by atoms with Gasteiger partial charge in [0, 0.05) is 12.6 Å².